The lowest BCUT2D eigenvalue weighted by molar-refractivity contribution is 0.0595. The Kier molecular flexibility index (Phi) is 2.97. The van der Waals surface area contributed by atoms with Crippen LogP contribution in [0.3, 0.4) is 0 Å². The summed E-state index contributed by atoms with van der Waals surface area (Å²) in [6.45, 7) is 1.87. The van der Waals surface area contributed by atoms with E-state index in [1.54, 1.807) is 0 Å². The van der Waals surface area contributed by atoms with Gasteiger partial charge in [-0.15, -0.1) is 0 Å². The molecule has 104 valence electrons. The molecule has 0 radical (unpaired) electrons. The number of rotatable bonds is 2. The van der Waals surface area contributed by atoms with Crippen LogP contribution in [0.5, 0.6) is 0 Å². The van der Waals surface area contributed by atoms with Gasteiger partial charge in [-0.3, -0.25) is 0 Å². The molecule has 0 fully saturated rings. The molecule has 20 heavy (non-hydrogen) atoms. The lowest BCUT2D eigenvalue weighted by Crippen LogP contribution is -2.14. The molecule has 0 atom stereocenters. The molecule has 2 aromatic rings. The highest BCUT2D eigenvalue weighted by molar-refractivity contribution is 5.92. The molecule has 1 heterocycles. The van der Waals surface area contributed by atoms with Gasteiger partial charge in [0, 0.05) is 6.04 Å². The minimum Gasteiger partial charge on any atom is -0.464 e. The maximum absolute atomic E-state index is 11.7. The van der Waals surface area contributed by atoms with Crippen molar-refractivity contribution in [3.63, 3.8) is 0 Å². The summed E-state index contributed by atoms with van der Waals surface area (Å²) in [5, 5.41) is 0. The van der Waals surface area contributed by atoms with E-state index in [1.165, 1.54) is 18.2 Å². The molecular weight excluding hydrogens is 254 g/mol. The van der Waals surface area contributed by atoms with Crippen molar-refractivity contribution in [2.75, 3.05) is 12.8 Å². The Labute approximate surface area is 117 Å². The molecule has 2 N–H and O–H groups in total. The molecule has 0 saturated heterocycles. The van der Waals surface area contributed by atoms with Crippen molar-refractivity contribution in [2.24, 2.45) is 0 Å². The van der Waals surface area contributed by atoms with Crippen molar-refractivity contribution in [3.05, 3.63) is 46.9 Å². The molecule has 1 aromatic heterocycles. The van der Waals surface area contributed by atoms with Crippen LogP contribution in [0.15, 0.2) is 24.3 Å². The van der Waals surface area contributed by atoms with Gasteiger partial charge in [-0.2, -0.15) is 0 Å². The maximum Gasteiger partial charge on any atom is 0.360 e. The minimum absolute atomic E-state index is 0.209. The van der Waals surface area contributed by atoms with Gasteiger partial charge >= 0.3 is 5.97 Å². The monoisotopic (exact) mass is 271 g/mol. The number of hydrogen-bond donors (Lipinski definition) is 1. The van der Waals surface area contributed by atoms with Gasteiger partial charge < -0.3 is 15.0 Å². The number of carbonyl (C=O) groups is 1. The van der Waals surface area contributed by atoms with Gasteiger partial charge in [0.05, 0.1) is 7.11 Å². The first-order valence-corrected chi connectivity index (χ1v) is 6.61. The molecule has 0 aliphatic heterocycles. The Balaban J connectivity index is 1.97. The first kappa shape index (κ1) is 12.7. The number of nitrogens with zero attached hydrogens (tertiary/aromatic N) is 2. The fourth-order valence-corrected chi connectivity index (χ4v) is 2.99. The molecule has 1 aliphatic rings. The molecule has 1 aromatic carbocycles. The van der Waals surface area contributed by atoms with E-state index in [1.807, 2.05) is 23.6 Å². The van der Waals surface area contributed by atoms with E-state index in [9.17, 15) is 4.79 Å². The van der Waals surface area contributed by atoms with Crippen molar-refractivity contribution < 1.29 is 9.53 Å². The zero-order valence-corrected chi connectivity index (χ0v) is 11.6. The van der Waals surface area contributed by atoms with Crippen LogP contribution < -0.4 is 5.73 Å². The Hall–Kier alpha value is -2.30. The van der Waals surface area contributed by atoms with Crippen LogP contribution in [0.4, 0.5) is 5.82 Å². The van der Waals surface area contributed by atoms with E-state index in [4.69, 9.17) is 10.5 Å². The second-order valence-corrected chi connectivity index (χ2v) is 5.09. The number of nitrogens with two attached hydrogens (primary N) is 1. The Morgan fingerprint density at radius 3 is 2.50 bits per heavy atom. The lowest BCUT2D eigenvalue weighted by atomic mass is 10.1. The van der Waals surface area contributed by atoms with Gasteiger partial charge in [0.2, 0.25) is 0 Å². The third-order valence-electron chi connectivity index (χ3n) is 3.90. The number of aryl methyl sites for hydroxylation is 1. The number of aromatic nitrogens is 2. The first-order chi connectivity index (χ1) is 9.61. The van der Waals surface area contributed by atoms with Crippen molar-refractivity contribution in [2.45, 2.75) is 25.8 Å². The van der Waals surface area contributed by atoms with E-state index in [0.717, 1.165) is 18.7 Å². The highest BCUT2D eigenvalue weighted by Crippen LogP contribution is 2.33. The Morgan fingerprint density at radius 2 is 1.95 bits per heavy atom. The fourth-order valence-electron chi connectivity index (χ4n) is 2.99. The summed E-state index contributed by atoms with van der Waals surface area (Å²) < 4.78 is 6.67. The van der Waals surface area contributed by atoms with Crippen LogP contribution in [0.2, 0.25) is 0 Å². The number of hydrogen-bond acceptors (Lipinski definition) is 4. The lowest BCUT2D eigenvalue weighted by Gasteiger charge is -2.15. The van der Waals surface area contributed by atoms with Crippen LogP contribution in [0.1, 0.15) is 33.5 Å². The highest BCUT2D eigenvalue weighted by Gasteiger charge is 2.28. The summed E-state index contributed by atoms with van der Waals surface area (Å²) in [5.41, 5.74) is 8.98. The number of anilines is 1. The van der Waals surface area contributed by atoms with Crippen LogP contribution >= 0.6 is 0 Å². The summed E-state index contributed by atoms with van der Waals surface area (Å²) in [7, 11) is 1.33. The number of methoxy groups -OCH3 is 1. The van der Waals surface area contributed by atoms with Crippen LogP contribution in [-0.2, 0) is 17.6 Å². The van der Waals surface area contributed by atoms with Crippen LogP contribution in [0.25, 0.3) is 0 Å². The summed E-state index contributed by atoms with van der Waals surface area (Å²) in [4.78, 5) is 15.9. The van der Waals surface area contributed by atoms with E-state index in [2.05, 4.69) is 17.1 Å². The van der Waals surface area contributed by atoms with Gasteiger partial charge in [0.15, 0.2) is 5.69 Å². The zero-order chi connectivity index (χ0) is 14.3. The number of fused-ring (bicyclic) bond motifs is 1. The first-order valence-electron chi connectivity index (χ1n) is 6.61. The maximum atomic E-state index is 11.7. The third-order valence-corrected chi connectivity index (χ3v) is 3.90. The van der Waals surface area contributed by atoms with Crippen molar-refractivity contribution in [1.82, 2.24) is 9.55 Å². The number of esters is 1. The summed E-state index contributed by atoms with van der Waals surface area (Å²) in [6.07, 6.45) is 1.83. The molecular formula is C15H17N3O2. The van der Waals surface area contributed by atoms with Crippen LogP contribution in [-0.4, -0.2) is 22.6 Å². The third kappa shape index (κ3) is 1.86. The van der Waals surface area contributed by atoms with Crippen molar-refractivity contribution >= 4 is 11.8 Å². The quantitative estimate of drug-likeness (QED) is 0.847. The Bertz CT molecular complexity index is 651. The van der Waals surface area contributed by atoms with Gasteiger partial charge in [0.1, 0.15) is 11.6 Å². The van der Waals surface area contributed by atoms with Crippen molar-refractivity contribution in [1.29, 1.82) is 0 Å². The summed E-state index contributed by atoms with van der Waals surface area (Å²) >= 11 is 0. The predicted molar refractivity (Wildman–Crippen MR) is 75.6 cm³/mol. The molecule has 0 saturated carbocycles. The molecule has 1 aliphatic carbocycles. The van der Waals surface area contributed by atoms with Gasteiger partial charge in [-0.1, -0.05) is 24.3 Å². The predicted octanol–water partition coefficient (Wildman–Crippen LogP) is 1.90. The molecule has 0 amide bonds. The number of nitrogen functional groups attached to an aromatic ring is 1. The molecule has 5 nitrogen and oxygen atoms in total. The average molecular weight is 271 g/mol. The normalized spacial score (nSPS) is 14.3. The SMILES string of the molecule is COC(=O)c1nc(C)n(C2Cc3ccccc3C2)c1N. The molecule has 0 bridgehead atoms. The van der Waals surface area contributed by atoms with E-state index < -0.39 is 5.97 Å². The van der Waals surface area contributed by atoms with Gasteiger partial charge in [-0.05, 0) is 30.9 Å². The fraction of sp³-hybridized carbons (Fsp3) is 0.333. The van der Waals surface area contributed by atoms with Crippen molar-refractivity contribution in [3.8, 4) is 0 Å². The minimum atomic E-state index is -0.486. The highest BCUT2D eigenvalue weighted by atomic mass is 16.5. The summed E-state index contributed by atoms with van der Waals surface area (Å²) in [5.74, 6) is 0.660. The largest absolute Gasteiger partial charge is 0.464 e. The van der Waals surface area contributed by atoms with E-state index in [-0.39, 0.29) is 11.7 Å². The van der Waals surface area contributed by atoms with E-state index in [0.29, 0.717) is 5.82 Å². The molecule has 0 spiro atoms. The number of benzene rings is 1. The molecule has 3 rings (SSSR count). The molecule has 5 heteroatoms. The van der Waals surface area contributed by atoms with Gasteiger partial charge in [-0.25, -0.2) is 9.78 Å². The number of ether oxygens (including phenoxy) is 1. The average Bonchev–Trinajstić information content (AvgIpc) is 2.98. The van der Waals surface area contributed by atoms with Gasteiger partial charge in [0.25, 0.3) is 0 Å². The molecule has 0 unspecified atom stereocenters. The Morgan fingerprint density at radius 1 is 1.35 bits per heavy atom. The van der Waals surface area contributed by atoms with E-state index >= 15 is 0 Å². The topological polar surface area (TPSA) is 70.1 Å². The smallest absolute Gasteiger partial charge is 0.360 e. The number of carbonyl (C=O) groups excluding carboxylic acids is 1. The standard InChI is InChI=1S/C15H17N3O2/c1-9-17-13(15(19)20-2)14(16)18(9)12-7-10-5-3-4-6-11(10)8-12/h3-6,12H,7-8,16H2,1-2H3. The second kappa shape index (κ2) is 4.67. The summed E-state index contributed by atoms with van der Waals surface area (Å²) in [6, 6.07) is 8.59. The van der Waals surface area contributed by atoms with Crippen LogP contribution in [0, 0.1) is 6.92 Å². The number of imidazole rings is 1. The zero-order valence-electron chi connectivity index (χ0n) is 11.6. The second-order valence-electron chi connectivity index (χ2n) is 5.09.